The first-order chi connectivity index (χ1) is 7.90. The maximum atomic E-state index is 12.1. The van der Waals surface area contributed by atoms with Crippen molar-refractivity contribution in [2.45, 2.75) is 27.2 Å². The van der Waals surface area contributed by atoms with Crippen molar-refractivity contribution in [2.75, 3.05) is 5.32 Å². The number of carbonyl (C=O) groups excluding carboxylic acids is 1. The summed E-state index contributed by atoms with van der Waals surface area (Å²) >= 11 is 4.95. The summed E-state index contributed by atoms with van der Waals surface area (Å²) in [5, 5.41) is 2.81. The van der Waals surface area contributed by atoms with E-state index in [2.05, 4.69) is 10.3 Å². The van der Waals surface area contributed by atoms with Gasteiger partial charge in [0, 0.05) is 17.6 Å². The van der Waals surface area contributed by atoms with E-state index in [1.165, 1.54) is 0 Å². The Morgan fingerprint density at radius 1 is 1.65 bits per heavy atom. The van der Waals surface area contributed by atoms with E-state index in [9.17, 15) is 4.79 Å². The fourth-order valence-corrected chi connectivity index (χ4v) is 1.58. The molecular weight excluding hydrogens is 234 g/mol. The largest absolute Gasteiger partial charge is 0.392 e. The van der Waals surface area contributed by atoms with Gasteiger partial charge < -0.3 is 11.1 Å². The molecule has 4 nitrogen and oxygen atoms in total. The highest BCUT2D eigenvalue weighted by molar-refractivity contribution is 7.80. The number of rotatable bonds is 4. The maximum absolute atomic E-state index is 12.1. The molecule has 1 aromatic heterocycles. The van der Waals surface area contributed by atoms with E-state index >= 15 is 0 Å². The quantitative estimate of drug-likeness (QED) is 0.803. The van der Waals surface area contributed by atoms with Crippen LogP contribution < -0.4 is 11.1 Å². The van der Waals surface area contributed by atoms with Crippen LogP contribution in [0.2, 0.25) is 0 Å². The summed E-state index contributed by atoms with van der Waals surface area (Å²) < 4.78 is 0. The van der Waals surface area contributed by atoms with Gasteiger partial charge in [-0.05, 0) is 32.4 Å². The molecule has 92 valence electrons. The zero-order valence-corrected chi connectivity index (χ0v) is 11.1. The van der Waals surface area contributed by atoms with Crippen LogP contribution in [-0.4, -0.2) is 15.9 Å². The minimum atomic E-state index is -0.813. The van der Waals surface area contributed by atoms with Crippen LogP contribution in [0.5, 0.6) is 0 Å². The van der Waals surface area contributed by atoms with E-state index in [0.29, 0.717) is 12.1 Å². The number of nitrogens with one attached hydrogen (secondary N) is 1. The molecule has 1 atom stereocenters. The lowest BCUT2D eigenvalue weighted by Gasteiger charge is -2.25. The summed E-state index contributed by atoms with van der Waals surface area (Å²) in [6.07, 6.45) is 2.22. The predicted molar refractivity (Wildman–Crippen MR) is 72.8 cm³/mol. The number of amides is 1. The van der Waals surface area contributed by atoms with Crippen LogP contribution in [0.1, 0.15) is 26.0 Å². The van der Waals surface area contributed by atoms with E-state index < -0.39 is 5.41 Å². The number of nitrogens with zero attached hydrogens (tertiary/aromatic N) is 1. The van der Waals surface area contributed by atoms with Crippen molar-refractivity contribution in [1.82, 2.24) is 4.98 Å². The van der Waals surface area contributed by atoms with Crippen LogP contribution in [0.4, 0.5) is 5.69 Å². The van der Waals surface area contributed by atoms with Gasteiger partial charge in [0.1, 0.15) is 0 Å². The van der Waals surface area contributed by atoms with Crippen LogP contribution >= 0.6 is 12.2 Å². The molecule has 1 unspecified atom stereocenters. The topological polar surface area (TPSA) is 68.0 Å². The summed E-state index contributed by atoms with van der Waals surface area (Å²) in [4.78, 5) is 16.4. The lowest BCUT2D eigenvalue weighted by molar-refractivity contribution is -0.121. The lowest BCUT2D eigenvalue weighted by atomic mass is 9.86. The van der Waals surface area contributed by atoms with E-state index in [1.54, 1.807) is 25.3 Å². The van der Waals surface area contributed by atoms with Gasteiger partial charge in [0.05, 0.1) is 10.4 Å². The first-order valence-electron chi connectivity index (χ1n) is 5.44. The number of carbonyl (C=O) groups is 1. The molecule has 0 saturated carbocycles. The summed E-state index contributed by atoms with van der Waals surface area (Å²) in [6, 6.07) is 3.54. The maximum Gasteiger partial charge on any atom is 0.237 e. The number of nitrogens with two attached hydrogens (primary N) is 1. The highest BCUT2D eigenvalue weighted by Gasteiger charge is 2.34. The van der Waals surface area contributed by atoms with Gasteiger partial charge in [0.25, 0.3) is 0 Å². The molecule has 17 heavy (non-hydrogen) atoms. The second kappa shape index (κ2) is 5.23. The summed E-state index contributed by atoms with van der Waals surface area (Å²) in [5.41, 5.74) is 6.36. The molecule has 0 bridgehead atoms. The van der Waals surface area contributed by atoms with Gasteiger partial charge in [-0.1, -0.05) is 19.1 Å². The number of aryl methyl sites for hydroxylation is 1. The van der Waals surface area contributed by atoms with Crippen LogP contribution in [0.25, 0.3) is 0 Å². The molecule has 0 aliphatic rings. The minimum absolute atomic E-state index is 0.182. The predicted octanol–water partition coefficient (Wildman–Crippen LogP) is 2.03. The molecule has 0 aliphatic heterocycles. The second-order valence-electron chi connectivity index (χ2n) is 4.19. The van der Waals surface area contributed by atoms with Crippen molar-refractivity contribution >= 4 is 28.8 Å². The van der Waals surface area contributed by atoms with Gasteiger partial charge >= 0.3 is 0 Å². The molecule has 1 rings (SSSR count). The Balaban J connectivity index is 2.89. The third-order valence-electron chi connectivity index (χ3n) is 2.91. The van der Waals surface area contributed by atoms with E-state index in [1.807, 2.05) is 13.8 Å². The molecule has 0 saturated heterocycles. The summed E-state index contributed by atoms with van der Waals surface area (Å²) in [7, 11) is 0. The number of thiocarbonyl (C=S) groups is 1. The van der Waals surface area contributed by atoms with Crippen LogP contribution in [0, 0.1) is 12.3 Å². The molecule has 0 aliphatic carbocycles. The SMILES string of the molecule is CCC(C)(C(=O)Nc1ccnc(C)c1)C(N)=S. The normalized spacial score (nSPS) is 13.8. The van der Waals surface area contributed by atoms with Crippen LogP contribution in [0.3, 0.4) is 0 Å². The first-order valence-corrected chi connectivity index (χ1v) is 5.85. The fourth-order valence-electron chi connectivity index (χ4n) is 1.34. The summed E-state index contributed by atoms with van der Waals surface area (Å²) in [5.74, 6) is -0.182. The smallest absolute Gasteiger partial charge is 0.237 e. The fraction of sp³-hybridized carbons (Fsp3) is 0.417. The van der Waals surface area contributed by atoms with Crippen molar-refractivity contribution in [1.29, 1.82) is 0 Å². The number of hydrogen-bond donors (Lipinski definition) is 2. The number of pyridine rings is 1. The molecule has 5 heteroatoms. The van der Waals surface area contributed by atoms with Crippen LogP contribution in [0.15, 0.2) is 18.3 Å². The Kier molecular flexibility index (Phi) is 4.17. The van der Waals surface area contributed by atoms with Gasteiger partial charge in [0.2, 0.25) is 5.91 Å². The molecule has 1 aromatic rings. The first kappa shape index (κ1) is 13.6. The zero-order chi connectivity index (χ0) is 13.1. The van der Waals surface area contributed by atoms with E-state index in [0.717, 1.165) is 5.69 Å². The van der Waals surface area contributed by atoms with Gasteiger partial charge in [-0.15, -0.1) is 0 Å². The molecule has 1 heterocycles. The third-order valence-corrected chi connectivity index (χ3v) is 3.36. The van der Waals surface area contributed by atoms with Crippen molar-refractivity contribution < 1.29 is 4.79 Å². The molecule has 0 radical (unpaired) electrons. The molecule has 0 spiro atoms. The van der Waals surface area contributed by atoms with Crippen molar-refractivity contribution in [3.63, 3.8) is 0 Å². The molecular formula is C12H17N3OS. The molecule has 3 N–H and O–H groups in total. The van der Waals surface area contributed by atoms with Crippen molar-refractivity contribution in [2.24, 2.45) is 11.1 Å². The Morgan fingerprint density at radius 2 is 2.29 bits per heavy atom. The number of aromatic nitrogens is 1. The molecule has 0 fully saturated rings. The van der Waals surface area contributed by atoms with Gasteiger partial charge in [-0.3, -0.25) is 9.78 Å². The molecule has 1 amide bonds. The highest BCUT2D eigenvalue weighted by atomic mass is 32.1. The Hall–Kier alpha value is -1.49. The van der Waals surface area contributed by atoms with E-state index in [4.69, 9.17) is 18.0 Å². The summed E-state index contributed by atoms with van der Waals surface area (Å²) in [6.45, 7) is 5.50. The second-order valence-corrected chi connectivity index (χ2v) is 4.63. The average Bonchev–Trinajstić information content (AvgIpc) is 2.27. The number of anilines is 1. The lowest BCUT2D eigenvalue weighted by Crippen LogP contribution is -2.43. The van der Waals surface area contributed by atoms with Crippen molar-refractivity contribution in [3.8, 4) is 0 Å². The van der Waals surface area contributed by atoms with Gasteiger partial charge in [-0.25, -0.2) is 0 Å². The van der Waals surface area contributed by atoms with Crippen molar-refractivity contribution in [3.05, 3.63) is 24.0 Å². The van der Waals surface area contributed by atoms with Gasteiger partial charge in [0.15, 0.2) is 0 Å². The third kappa shape index (κ3) is 3.00. The highest BCUT2D eigenvalue weighted by Crippen LogP contribution is 2.24. The van der Waals surface area contributed by atoms with E-state index in [-0.39, 0.29) is 10.9 Å². The van der Waals surface area contributed by atoms with Gasteiger partial charge in [-0.2, -0.15) is 0 Å². The minimum Gasteiger partial charge on any atom is -0.392 e. The Labute approximate surface area is 107 Å². The molecule has 0 aromatic carbocycles. The Morgan fingerprint density at radius 3 is 2.76 bits per heavy atom. The van der Waals surface area contributed by atoms with Crippen LogP contribution in [-0.2, 0) is 4.79 Å². The Bertz CT molecular complexity index is 447. The monoisotopic (exact) mass is 251 g/mol. The average molecular weight is 251 g/mol. The number of hydrogen-bond acceptors (Lipinski definition) is 3. The standard InChI is InChI=1S/C12H17N3OS/c1-4-12(3,10(13)17)11(16)15-9-5-6-14-8(2)7-9/h5-7H,4H2,1-3H3,(H2,13,17)(H,14,15,16). The zero-order valence-electron chi connectivity index (χ0n) is 10.3.